The van der Waals surface area contributed by atoms with Gasteiger partial charge in [0.05, 0.1) is 12.7 Å². The second-order valence-corrected chi connectivity index (χ2v) is 9.58. The van der Waals surface area contributed by atoms with Crippen molar-refractivity contribution in [2.75, 3.05) is 38.6 Å². The van der Waals surface area contributed by atoms with Crippen molar-refractivity contribution >= 4 is 34.9 Å². The molecule has 0 unspecified atom stereocenters. The van der Waals surface area contributed by atoms with E-state index >= 15 is 0 Å². The van der Waals surface area contributed by atoms with Gasteiger partial charge < -0.3 is 19.9 Å². The molecule has 2 aliphatic rings. The highest BCUT2D eigenvalue weighted by molar-refractivity contribution is 7.80. The molecular formula is C25H30N4O3S. The summed E-state index contributed by atoms with van der Waals surface area (Å²) in [5.41, 5.74) is 4.28. The van der Waals surface area contributed by atoms with Crippen molar-refractivity contribution in [3.63, 3.8) is 0 Å². The number of carbonyl (C=O) groups is 2. The topological polar surface area (TPSA) is 74.8 Å². The summed E-state index contributed by atoms with van der Waals surface area (Å²) in [7, 11) is 1.32. The lowest BCUT2D eigenvalue weighted by molar-refractivity contribution is 0.0599. The average molecular weight is 467 g/mol. The van der Waals surface area contributed by atoms with Crippen LogP contribution in [0.4, 0.5) is 5.69 Å². The van der Waals surface area contributed by atoms with E-state index in [1.165, 1.54) is 24.4 Å². The normalized spacial score (nSPS) is 17.2. The lowest BCUT2D eigenvalue weighted by Gasteiger charge is -2.40. The summed E-state index contributed by atoms with van der Waals surface area (Å²) in [5, 5.41) is 4.15. The number of carbonyl (C=O) groups excluding carboxylic acids is 2. The van der Waals surface area contributed by atoms with Crippen molar-refractivity contribution in [3.05, 3.63) is 58.9 Å². The van der Waals surface area contributed by atoms with Crippen LogP contribution in [0.1, 0.15) is 51.2 Å². The fraction of sp³-hybridized carbons (Fsp3) is 0.440. The maximum Gasteiger partial charge on any atom is 0.339 e. The van der Waals surface area contributed by atoms with Gasteiger partial charge in [-0.2, -0.15) is 0 Å². The lowest BCUT2D eigenvalue weighted by atomic mass is 9.78. The predicted octanol–water partition coefficient (Wildman–Crippen LogP) is 3.81. The first-order valence-corrected chi connectivity index (χ1v) is 11.7. The van der Waals surface area contributed by atoms with Crippen LogP contribution in [0.2, 0.25) is 0 Å². The van der Waals surface area contributed by atoms with Crippen molar-refractivity contribution in [1.82, 2.24) is 14.8 Å². The molecule has 0 saturated carbocycles. The van der Waals surface area contributed by atoms with Gasteiger partial charge in [-0.3, -0.25) is 9.78 Å². The standard InChI is InChI=1S/C25H30N4O3S/c1-17-12-18(2)14-20(13-17)27-24(33)28-9-6-25(7-10-28)8-11-29(16-25)22(30)21-5-4-19(15-26-21)23(31)32-3/h4-5,12-15H,6-11,16H2,1-3H3,(H,27,33). The number of nitrogens with one attached hydrogen (secondary N) is 1. The highest BCUT2D eigenvalue weighted by atomic mass is 32.1. The third kappa shape index (κ3) is 5.16. The van der Waals surface area contributed by atoms with Gasteiger partial charge in [0.2, 0.25) is 0 Å². The van der Waals surface area contributed by atoms with Gasteiger partial charge in [-0.15, -0.1) is 0 Å². The van der Waals surface area contributed by atoms with E-state index in [-0.39, 0.29) is 11.3 Å². The SMILES string of the molecule is COC(=O)c1ccc(C(=O)N2CCC3(CCN(C(=S)Nc4cc(C)cc(C)c4)CC3)C2)nc1. The molecule has 0 atom stereocenters. The Kier molecular flexibility index (Phi) is 6.65. The molecule has 0 bridgehead atoms. The number of benzene rings is 1. The summed E-state index contributed by atoms with van der Waals surface area (Å²) in [6, 6.07) is 9.54. The number of esters is 1. The Morgan fingerprint density at radius 2 is 1.67 bits per heavy atom. The Morgan fingerprint density at radius 3 is 2.24 bits per heavy atom. The molecule has 174 valence electrons. The van der Waals surface area contributed by atoms with Crippen LogP contribution in [-0.4, -0.2) is 65.1 Å². The summed E-state index contributed by atoms with van der Waals surface area (Å²) >= 11 is 5.68. The van der Waals surface area contributed by atoms with Gasteiger partial charge in [0.1, 0.15) is 5.69 Å². The Hall–Kier alpha value is -3.00. The van der Waals surface area contributed by atoms with Crippen LogP contribution in [0.25, 0.3) is 0 Å². The molecule has 1 aromatic carbocycles. The maximum absolute atomic E-state index is 13.0. The number of hydrogen-bond acceptors (Lipinski definition) is 5. The second kappa shape index (κ2) is 9.47. The van der Waals surface area contributed by atoms with Crippen molar-refractivity contribution in [1.29, 1.82) is 0 Å². The van der Waals surface area contributed by atoms with Gasteiger partial charge in [0.25, 0.3) is 5.91 Å². The smallest absolute Gasteiger partial charge is 0.339 e. The van der Waals surface area contributed by atoms with Gasteiger partial charge in [-0.05, 0) is 86.1 Å². The molecule has 1 N–H and O–H groups in total. The first kappa shape index (κ1) is 23.2. The number of nitrogens with zero attached hydrogens (tertiary/aromatic N) is 3. The van der Waals surface area contributed by atoms with Crippen molar-refractivity contribution in [2.45, 2.75) is 33.1 Å². The molecule has 0 radical (unpaired) electrons. The lowest BCUT2D eigenvalue weighted by Crippen LogP contribution is -2.46. The second-order valence-electron chi connectivity index (χ2n) is 9.19. The summed E-state index contributed by atoms with van der Waals surface area (Å²) in [6.45, 7) is 7.39. The third-order valence-corrected chi connectivity index (χ3v) is 7.07. The van der Waals surface area contributed by atoms with Crippen LogP contribution in [0, 0.1) is 19.3 Å². The van der Waals surface area contributed by atoms with Crippen LogP contribution in [0.15, 0.2) is 36.5 Å². The first-order valence-electron chi connectivity index (χ1n) is 11.3. The number of anilines is 1. The number of pyridine rings is 1. The fourth-order valence-corrected chi connectivity index (χ4v) is 5.17. The number of thiocarbonyl (C=S) groups is 1. The zero-order valence-corrected chi connectivity index (χ0v) is 20.2. The quantitative estimate of drug-likeness (QED) is 0.545. The molecule has 1 amide bonds. The summed E-state index contributed by atoms with van der Waals surface area (Å²) in [5.74, 6) is -0.545. The number of rotatable bonds is 3. The molecule has 2 saturated heterocycles. The zero-order chi connectivity index (χ0) is 23.6. The van der Waals surface area contributed by atoms with Crippen LogP contribution < -0.4 is 5.32 Å². The molecule has 2 aromatic rings. The molecule has 0 aliphatic carbocycles. The van der Waals surface area contributed by atoms with Gasteiger partial charge in [0.15, 0.2) is 5.11 Å². The number of ether oxygens (including phenoxy) is 1. The highest BCUT2D eigenvalue weighted by Gasteiger charge is 2.42. The Labute approximate surface area is 200 Å². The number of likely N-dealkylation sites (tertiary alicyclic amines) is 2. The average Bonchev–Trinajstić information content (AvgIpc) is 3.21. The monoisotopic (exact) mass is 466 g/mol. The minimum Gasteiger partial charge on any atom is -0.465 e. The van der Waals surface area contributed by atoms with Crippen molar-refractivity contribution in [2.24, 2.45) is 5.41 Å². The molecule has 1 spiro atoms. The summed E-state index contributed by atoms with van der Waals surface area (Å²) in [4.78, 5) is 32.9. The largest absolute Gasteiger partial charge is 0.465 e. The van der Waals surface area contributed by atoms with Gasteiger partial charge in [-0.25, -0.2) is 4.79 Å². The van der Waals surface area contributed by atoms with Crippen molar-refractivity contribution < 1.29 is 14.3 Å². The van der Waals surface area contributed by atoms with Crippen LogP contribution in [0.5, 0.6) is 0 Å². The molecule has 1 aromatic heterocycles. The van der Waals surface area contributed by atoms with Crippen LogP contribution in [-0.2, 0) is 4.74 Å². The van der Waals surface area contributed by atoms with E-state index in [0.29, 0.717) is 11.3 Å². The molecule has 7 nitrogen and oxygen atoms in total. The minimum atomic E-state index is -0.460. The Bertz CT molecular complexity index is 1040. The van der Waals surface area contributed by atoms with E-state index in [1.807, 2.05) is 4.90 Å². The molecule has 33 heavy (non-hydrogen) atoms. The van der Waals surface area contributed by atoms with E-state index in [0.717, 1.165) is 56.2 Å². The predicted molar refractivity (Wildman–Crippen MR) is 131 cm³/mol. The summed E-state index contributed by atoms with van der Waals surface area (Å²) < 4.78 is 4.69. The van der Waals surface area contributed by atoms with E-state index in [9.17, 15) is 9.59 Å². The number of piperidine rings is 1. The third-order valence-electron chi connectivity index (χ3n) is 6.71. The van der Waals surface area contributed by atoms with E-state index in [1.54, 1.807) is 12.1 Å². The van der Waals surface area contributed by atoms with Gasteiger partial charge in [0, 0.05) is 38.1 Å². The van der Waals surface area contributed by atoms with E-state index < -0.39 is 5.97 Å². The number of aromatic nitrogens is 1. The summed E-state index contributed by atoms with van der Waals surface area (Å²) in [6.07, 6.45) is 4.39. The molecule has 2 aliphatic heterocycles. The molecular weight excluding hydrogens is 436 g/mol. The number of hydrogen-bond donors (Lipinski definition) is 1. The minimum absolute atomic E-state index is 0.0854. The van der Waals surface area contributed by atoms with Gasteiger partial charge in [-0.1, -0.05) is 6.07 Å². The zero-order valence-electron chi connectivity index (χ0n) is 19.4. The number of methoxy groups -OCH3 is 1. The number of amides is 1. The van der Waals surface area contributed by atoms with Crippen molar-refractivity contribution in [3.8, 4) is 0 Å². The van der Waals surface area contributed by atoms with Gasteiger partial charge >= 0.3 is 5.97 Å². The fourth-order valence-electron chi connectivity index (χ4n) is 4.87. The van der Waals surface area contributed by atoms with E-state index in [2.05, 4.69) is 52.0 Å². The molecule has 4 rings (SSSR count). The number of aryl methyl sites for hydroxylation is 2. The highest BCUT2D eigenvalue weighted by Crippen LogP contribution is 2.40. The maximum atomic E-state index is 13.0. The van der Waals surface area contributed by atoms with Crippen LogP contribution >= 0.6 is 12.2 Å². The first-order chi connectivity index (χ1) is 15.8. The molecule has 8 heteroatoms. The molecule has 2 fully saturated rings. The van der Waals surface area contributed by atoms with Crippen LogP contribution in [0.3, 0.4) is 0 Å². The Balaban J connectivity index is 1.32. The van der Waals surface area contributed by atoms with E-state index in [4.69, 9.17) is 12.2 Å². The molecule has 3 heterocycles. The Morgan fingerprint density at radius 1 is 1.03 bits per heavy atom.